The Morgan fingerprint density at radius 2 is 1.91 bits per heavy atom. The largest absolute Gasteiger partial charge is 0.456 e. The number of ether oxygens (including phenoxy) is 2. The second-order valence-corrected chi connectivity index (χ2v) is 6.36. The Morgan fingerprint density at radius 3 is 2.65 bits per heavy atom. The zero-order valence-corrected chi connectivity index (χ0v) is 13.4. The van der Waals surface area contributed by atoms with E-state index in [4.69, 9.17) is 9.47 Å². The second-order valence-electron chi connectivity index (χ2n) is 6.36. The Kier molecular flexibility index (Phi) is 5.51. The van der Waals surface area contributed by atoms with Crippen LogP contribution in [-0.2, 0) is 14.3 Å². The molecule has 2 N–H and O–H groups in total. The summed E-state index contributed by atoms with van der Waals surface area (Å²) in [5, 5.41) is 5.82. The highest BCUT2D eigenvalue weighted by Gasteiger charge is 2.28. The van der Waals surface area contributed by atoms with Crippen LogP contribution in [0, 0.1) is 0 Å². The maximum absolute atomic E-state index is 12.2. The van der Waals surface area contributed by atoms with Crippen molar-refractivity contribution in [1.82, 2.24) is 15.5 Å². The van der Waals surface area contributed by atoms with Crippen LogP contribution in [0.1, 0.15) is 32.1 Å². The van der Waals surface area contributed by atoms with Crippen LogP contribution < -0.4 is 10.6 Å². The summed E-state index contributed by atoms with van der Waals surface area (Å²) in [5.41, 5.74) is 1.15. The predicted molar refractivity (Wildman–Crippen MR) is 83.8 cm³/mol. The normalized spacial score (nSPS) is 23.7. The molecule has 1 saturated carbocycles. The van der Waals surface area contributed by atoms with Crippen LogP contribution in [-0.4, -0.2) is 62.4 Å². The molecule has 1 saturated heterocycles. The van der Waals surface area contributed by atoms with Crippen molar-refractivity contribution in [3.05, 3.63) is 11.3 Å². The maximum atomic E-state index is 12.2. The second kappa shape index (κ2) is 7.79. The molecule has 0 aromatic carbocycles. The molecule has 0 bridgehead atoms. The molecule has 2 amide bonds. The van der Waals surface area contributed by atoms with Crippen molar-refractivity contribution in [3.8, 4) is 0 Å². The van der Waals surface area contributed by atoms with Crippen molar-refractivity contribution in [1.29, 1.82) is 0 Å². The predicted octanol–water partition coefficient (Wildman–Crippen LogP) is 0.761. The average Bonchev–Trinajstić information content (AvgIpc) is 2.90. The van der Waals surface area contributed by atoms with E-state index in [1.54, 1.807) is 0 Å². The quantitative estimate of drug-likeness (QED) is 0.747. The zero-order chi connectivity index (χ0) is 16.1. The van der Waals surface area contributed by atoms with Gasteiger partial charge in [-0.3, -0.25) is 4.90 Å². The third-order valence-electron chi connectivity index (χ3n) is 4.65. The Balaban J connectivity index is 1.56. The highest BCUT2D eigenvalue weighted by molar-refractivity contribution is 5.93. The molecule has 3 aliphatic rings. The summed E-state index contributed by atoms with van der Waals surface area (Å²) >= 11 is 0. The first-order chi connectivity index (χ1) is 11.2. The van der Waals surface area contributed by atoms with Gasteiger partial charge in [0.05, 0.1) is 24.5 Å². The molecule has 23 heavy (non-hydrogen) atoms. The van der Waals surface area contributed by atoms with Crippen molar-refractivity contribution in [2.24, 2.45) is 0 Å². The highest BCUT2D eigenvalue weighted by atomic mass is 16.5. The topological polar surface area (TPSA) is 79.9 Å². The van der Waals surface area contributed by atoms with E-state index in [-0.39, 0.29) is 24.6 Å². The van der Waals surface area contributed by atoms with Crippen LogP contribution in [0.15, 0.2) is 11.3 Å². The highest BCUT2D eigenvalue weighted by Crippen LogP contribution is 2.18. The van der Waals surface area contributed by atoms with E-state index in [1.807, 2.05) is 0 Å². The number of esters is 1. The molecular weight excluding hydrogens is 298 g/mol. The molecule has 2 heterocycles. The van der Waals surface area contributed by atoms with E-state index in [0.29, 0.717) is 31.0 Å². The Hall–Kier alpha value is -1.60. The fraction of sp³-hybridized carbons (Fsp3) is 0.750. The molecule has 128 valence electrons. The van der Waals surface area contributed by atoms with E-state index < -0.39 is 0 Å². The third kappa shape index (κ3) is 4.45. The molecule has 0 spiro atoms. The minimum atomic E-state index is -0.329. The molecule has 2 fully saturated rings. The first-order valence-corrected chi connectivity index (χ1v) is 8.49. The number of nitrogens with zero attached hydrogens (tertiary/aromatic N) is 1. The van der Waals surface area contributed by atoms with Crippen LogP contribution in [0.5, 0.6) is 0 Å². The van der Waals surface area contributed by atoms with Crippen molar-refractivity contribution >= 4 is 12.0 Å². The van der Waals surface area contributed by atoms with Gasteiger partial charge < -0.3 is 20.1 Å². The summed E-state index contributed by atoms with van der Waals surface area (Å²) in [4.78, 5) is 26.2. The van der Waals surface area contributed by atoms with Gasteiger partial charge in [0.2, 0.25) is 0 Å². The number of rotatable bonds is 4. The number of urea groups is 1. The SMILES string of the molecule is O=C(NC1=C(CN2CCOCC2)C(=O)OC1)NC1CCCCC1. The number of carbonyl (C=O) groups is 2. The number of hydrogen-bond donors (Lipinski definition) is 2. The van der Waals surface area contributed by atoms with E-state index in [9.17, 15) is 9.59 Å². The number of amides is 2. The van der Waals surface area contributed by atoms with Crippen LogP contribution in [0.4, 0.5) is 4.79 Å². The number of nitrogens with one attached hydrogen (secondary N) is 2. The van der Waals surface area contributed by atoms with Crippen LogP contribution in [0.25, 0.3) is 0 Å². The lowest BCUT2D eigenvalue weighted by molar-refractivity contribution is -0.136. The number of carbonyl (C=O) groups excluding carboxylic acids is 2. The van der Waals surface area contributed by atoms with Gasteiger partial charge in [0.25, 0.3) is 0 Å². The first kappa shape index (κ1) is 16.3. The van der Waals surface area contributed by atoms with Crippen molar-refractivity contribution < 1.29 is 19.1 Å². The Labute approximate surface area is 136 Å². The van der Waals surface area contributed by atoms with E-state index in [0.717, 1.165) is 38.8 Å². The molecule has 0 aromatic heterocycles. The summed E-state index contributed by atoms with van der Waals surface area (Å²) in [6.45, 7) is 3.58. The number of hydrogen-bond acceptors (Lipinski definition) is 5. The summed E-state index contributed by atoms with van der Waals surface area (Å²) < 4.78 is 10.4. The summed E-state index contributed by atoms with van der Waals surface area (Å²) in [6, 6.07) is 0.00902. The van der Waals surface area contributed by atoms with Crippen LogP contribution >= 0.6 is 0 Å². The van der Waals surface area contributed by atoms with Gasteiger partial charge in [0.1, 0.15) is 6.61 Å². The summed E-state index contributed by atoms with van der Waals surface area (Å²) in [5.74, 6) is -0.329. The van der Waals surface area contributed by atoms with Gasteiger partial charge in [-0.1, -0.05) is 19.3 Å². The molecule has 7 heteroatoms. The van der Waals surface area contributed by atoms with Gasteiger partial charge in [-0.15, -0.1) is 0 Å². The first-order valence-electron chi connectivity index (χ1n) is 8.49. The Bertz CT molecular complexity index is 480. The fourth-order valence-electron chi connectivity index (χ4n) is 3.29. The van der Waals surface area contributed by atoms with Gasteiger partial charge in [-0.2, -0.15) is 0 Å². The molecule has 0 atom stereocenters. The standard InChI is InChI=1S/C16H25N3O4/c20-15-13(10-19-6-8-22-9-7-19)14(11-23-15)18-16(21)17-12-4-2-1-3-5-12/h12H,1-11H2,(H2,17,18,21). The smallest absolute Gasteiger partial charge is 0.337 e. The van der Waals surface area contributed by atoms with Crippen LogP contribution in [0.3, 0.4) is 0 Å². The third-order valence-corrected chi connectivity index (χ3v) is 4.65. The van der Waals surface area contributed by atoms with Gasteiger partial charge >= 0.3 is 12.0 Å². The monoisotopic (exact) mass is 323 g/mol. The van der Waals surface area contributed by atoms with E-state index in [2.05, 4.69) is 15.5 Å². The molecular formula is C16H25N3O4. The minimum absolute atomic E-state index is 0.149. The zero-order valence-electron chi connectivity index (χ0n) is 13.4. The lowest BCUT2D eigenvalue weighted by Crippen LogP contribution is -2.43. The molecule has 3 rings (SSSR count). The molecule has 1 aliphatic carbocycles. The van der Waals surface area contributed by atoms with Crippen molar-refractivity contribution in [2.75, 3.05) is 39.5 Å². The number of morpholine rings is 1. The summed E-state index contributed by atoms with van der Waals surface area (Å²) in [6.07, 6.45) is 5.64. The Morgan fingerprint density at radius 1 is 1.17 bits per heavy atom. The average molecular weight is 323 g/mol. The van der Waals surface area contributed by atoms with Crippen molar-refractivity contribution in [2.45, 2.75) is 38.1 Å². The van der Waals surface area contributed by atoms with Gasteiger partial charge in [-0.05, 0) is 12.8 Å². The van der Waals surface area contributed by atoms with Gasteiger partial charge in [0, 0.05) is 25.7 Å². The van der Waals surface area contributed by atoms with Gasteiger partial charge in [-0.25, -0.2) is 9.59 Å². The lowest BCUT2D eigenvalue weighted by atomic mass is 9.96. The molecule has 0 unspecified atom stereocenters. The number of cyclic esters (lactones) is 1. The molecule has 7 nitrogen and oxygen atoms in total. The van der Waals surface area contributed by atoms with Gasteiger partial charge in [0.15, 0.2) is 0 Å². The van der Waals surface area contributed by atoms with Crippen molar-refractivity contribution in [3.63, 3.8) is 0 Å². The minimum Gasteiger partial charge on any atom is -0.456 e. The lowest BCUT2D eigenvalue weighted by Gasteiger charge is -2.26. The molecule has 2 aliphatic heterocycles. The summed E-state index contributed by atoms with van der Waals surface area (Å²) in [7, 11) is 0. The molecule has 0 aromatic rings. The van der Waals surface area contributed by atoms with E-state index in [1.165, 1.54) is 6.42 Å². The molecule has 0 radical (unpaired) electrons. The fourth-order valence-corrected chi connectivity index (χ4v) is 3.29. The maximum Gasteiger partial charge on any atom is 0.337 e. The van der Waals surface area contributed by atoms with E-state index >= 15 is 0 Å². The van der Waals surface area contributed by atoms with Crippen LogP contribution in [0.2, 0.25) is 0 Å².